The largest absolute Gasteiger partial charge is 0.324 e. The van der Waals surface area contributed by atoms with Crippen LogP contribution in [-0.4, -0.2) is 24.1 Å². The summed E-state index contributed by atoms with van der Waals surface area (Å²) in [5, 5.41) is 6.73. The van der Waals surface area contributed by atoms with E-state index in [2.05, 4.69) is 10.4 Å². The Kier molecular flexibility index (Phi) is 5.86. The fourth-order valence-corrected chi connectivity index (χ4v) is 4.13. The lowest BCUT2D eigenvalue weighted by Gasteiger charge is -2.11. The van der Waals surface area contributed by atoms with E-state index >= 15 is 0 Å². The minimum absolute atomic E-state index is 0.0641. The Hall–Kier alpha value is -2.97. The smallest absolute Gasteiger partial charge is 0.267 e. The molecule has 1 amide bonds. The molecule has 0 bridgehead atoms. The number of nitrogens with one attached hydrogen (secondary N) is 1. The van der Waals surface area contributed by atoms with Crippen LogP contribution in [0.5, 0.6) is 0 Å². The molecule has 0 unspecified atom stereocenters. The monoisotopic (exact) mass is 431 g/mol. The lowest BCUT2D eigenvalue weighted by Crippen LogP contribution is -2.30. The van der Waals surface area contributed by atoms with Crippen LogP contribution in [0.15, 0.2) is 69.3 Å². The summed E-state index contributed by atoms with van der Waals surface area (Å²) in [4.78, 5) is 24.5. The Balaban J connectivity index is 1.89. The van der Waals surface area contributed by atoms with Crippen LogP contribution in [0.1, 0.15) is 11.1 Å². The Morgan fingerprint density at radius 2 is 1.83 bits per heavy atom. The molecule has 0 saturated heterocycles. The summed E-state index contributed by atoms with van der Waals surface area (Å²) in [6.07, 6.45) is 0. The third-order valence-corrected chi connectivity index (χ3v) is 6.30. The SMILES string of the molecule is Cc1cccc(S(=O)(=O)c2ccc(=O)n(CC(=O)Nc3cccc(Cl)c3C)n2)c1. The number of hydrogen-bond acceptors (Lipinski definition) is 5. The number of benzene rings is 2. The molecule has 1 N–H and O–H groups in total. The van der Waals surface area contributed by atoms with Crippen LogP contribution in [0.2, 0.25) is 5.02 Å². The molecule has 1 aromatic heterocycles. The van der Waals surface area contributed by atoms with Gasteiger partial charge in [0.15, 0.2) is 5.03 Å². The normalized spacial score (nSPS) is 11.3. The second kappa shape index (κ2) is 8.18. The zero-order valence-electron chi connectivity index (χ0n) is 15.7. The summed E-state index contributed by atoms with van der Waals surface area (Å²) in [5.41, 5.74) is 1.36. The van der Waals surface area contributed by atoms with E-state index in [1.165, 1.54) is 12.1 Å². The van der Waals surface area contributed by atoms with Crippen molar-refractivity contribution in [3.8, 4) is 0 Å². The molecule has 0 aliphatic carbocycles. The van der Waals surface area contributed by atoms with Crippen molar-refractivity contribution in [2.24, 2.45) is 0 Å². The van der Waals surface area contributed by atoms with Gasteiger partial charge in [-0.3, -0.25) is 9.59 Å². The van der Waals surface area contributed by atoms with Gasteiger partial charge in [0.05, 0.1) is 4.90 Å². The van der Waals surface area contributed by atoms with E-state index in [0.717, 1.165) is 22.4 Å². The Morgan fingerprint density at radius 3 is 2.55 bits per heavy atom. The maximum Gasteiger partial charge on any atom is 0.267 e. The van der Waals surface area contributed by atoms with E-state index in [0.29, 0.717) is 16.3 Å². The van der Waals surface area contributed by atoms with Crippen molar-refractivity contribution in [2.75, 3.05) is 5.32 Å². The molecule has 7 nitrogen and oxygen atoms in total. The molecule has 0 fully saturated rings. The minimum Gasteiger partial charge on any atom is -0.324 e. The van der Waals surface area contributed by atoms with Gasteiger partial charge in [0.2, 0.25) is 15.7 Å². The van der Waals surface area contributed by atoms with Gasteiger partial charge in [-0.25, -0.2) is 13.1 Å². The highest BCUT2D eigenvalue weighted by atomic mass is 35.5. The van der Waals surface area contributed by atoms with Gasteiger partial charge in [-0.1, -0.05) is 29.8 Å². The third-order valence-electron chi connectivity index (χ3n) is 4.25. The number of hydrogen-bond donors (Lipinski definition) is 1. The molecule has 9 heteroatoms. The topological polar surface area (TPSA) is 98.1 Å². The molecule has 0 saturated carbocycles. The predicted octanol–water partition coefficient (Wildman–Crippen LogP) is 2.99. The summed E-state index contributed by atoms with van der Waals surface area (Å²) in [5.74, 6) is -0.532. The Morgan fingerprint density at radius 1 is 1.10 bits per heavy atom. The standard InChI is InChI=1S/C20H18ClN3O4S/c1-13-5-3-6-15(11-13)29(27,28)19-9-10-20(26)24(23-19)12-18(25)22-17-8-4-7-16(21)14(17)2/h3-11H,12H2,1-2H3,(H,22,25). The minimum atomic E-state index is -3.93. The van der Waals surface area contributed by atoms with Crippen LogP contribution in [0.25, 0.3) is 0 Å². The number of sulfone groups is 1. The molecule has 0 atom stereocenters. The quantitative estimate of drug-likeness (QED) is 0.669. The molecule has 1 heterocycles. The average molecular weight is 432 g/mol. The highest BCUT2D eigenvalue weighted by molar-refractivity contribution is 7.91. The van der Waals surface area contributed by atoms with Gasteiger partial charge in [0.25, 0.3) is 5.56 Å². The number of carbonyl (C=O) groups excluding carboxylic acids is 1. The summed E-state index contributed by atoms with van der Waals surface area (Å²) in [7, 11) is -3.93. The van der Waals surface area contributed by atoms with E-state index in [-0.39, 0.29) is 9.92 Å². The Bertz CT molecular complexity index is 1250. The van der Waals surface area contributed by atoms with Gasteiger partial charge in [-0.15, -0.1) is 0 Å². The first-order chi connectivity index (χ1) is 13.7. The zero-order valence-corrected chi connectivity index (χ0v) is 17.3. The number of halogens is 1. The first-order valence-electron chi connectivity index (χ1n) is 8.63. The van der Waals surface area contributed by atoms with Crippen LogP contribution in [0.4, 0.5) is 5.69 Å². The number of aromatic nitrogens is 2. The van der Waals surface area contributed by atoms with Gasteiger partial charge in [0, 0.05) is 16.8 Å². The van der Waals surface area contributed by atoms with Gasteiger partial charge >= 0.3 is 0 Å². The fraction of sp³-hybridized carbons (Fsp3) is 0.150. The molecular formula is C20H18ClN3O4S. The van der Waals surface area contributed by atoms with Gasteiger partial charge in [0.1, 0.15) is 6.54 Å². The molecule has 0 aliphatic rings. The lowest BCUT2D eigenvalue weighted by molar-refractivity contribution is -0.117. The fourth-order valence-electron chi connectivity index (χ4n) is 2.66. The number of aryl methyl sites for hydroxylation is 1. The first kappa shape index (κ1) is 20.8. The molecular weight excluding hydrogens is 414 g/mol. The van der Waals surface area contributed by atoms with Crippen molar-refractivity contribution in [3.05, 3.63) is 81.1 Å². The summed E-state index contributed by atoms with van der Waals surface area (Å²) >= 11 is 6.04. The molecule has 150 valence electrons. The number of rotatable bonds is 5. The number of anilines is 1. The van der Waals surface area contributed by atoms with E-state index in [4.69, 9.17) is 11.6 Å². The predicted molar refractivity (Wildman–Crippen MR) is 110 cm³/mol. The van der Waals surface area contributed by atoms with Crippen LogP contribution in [-0.2, 0) is 21.2 Å². The highest BCUT2D eigenvalue weighted by Gasteiger charge is 2.21. The average Bonchev–Trinajstić information content (AvgIpc) is 2.67. The van der Waals surface area contributed by atoms with Gasteiger partial charge in [-0.05, 0) is 55.3 Å². The number of carbonyl (C=O) groups is 1. The molecule has 3 rings (SSSR count). The second-order valence-electron chi connectivity index (χ2n) is 6.45. The van der Waals surface area contributed by atoms with Crippen molar-refractivity contribution >= 4 is 33.0 Å². The van der Waals surface area contributed by atoms with Crippen LogP contribution in [0, 0.1) is 13.8 Å². The lowest BCUT2D eigenvalue weighted by atomic mass is 10.2. The molecule has 0 radical (unpaired) electrons. The number of nitrogens with zero attached hydrogens (tertiary/aromatic N) is 2. The Labute approximate surface area is 172 Å². The van der Waals surface area contributed by atoms with E-state index in [1.807, 2.05) is 0 Å². The van der Waals surface area contributed by atoms with Crippen molar-refractivity contribution in [3.63, 3.8) is 0 Å². The molecule has 0 aliphatic heterocycles. The first-order valence-corrected chi connectivity index (χ1v) is 10.5. The van der Waals surface area contributed by atoms with Crippen molar-refractivity contribution < 1.29 is 13.2 Å². The zero-order chi connectivity index (χ0) is 21.2. The van der Waals surface area contributed by atoms with Crippen molar-refractivity contribution in [1.29, 1.82) is 0 Å². The molecule has 29 heavy (non-hydrogen) atoms. The van der Waals surface area contributed by atoms with Gasteiger partial charge in [-0.2, -0.15) is 5.10 Å². The third kappa shape index (κ3) is 4.55. The second-order valence-corrected chi connectivity index (χ2v) is 8.75. The van der Waals surface area contributed by atoms with Crippen LogP contribution in [0.3, 0.4) is 0 Å². The van der Waals surface area contributed by atoms with Gasteiger partial charge < -0.3 is 5.32 Å². The summed E-state index contributed by atoms with van der Waals surface area (Å²) in [6.45, 7) is 3.08. The van der Waals surface area contributed by atoms with E-state index < -0.39 is 27.8 Å². The highest BCUT2D eigenvalue weighted by Crippen LogP contribution is 2.23. The number of amides is 1. The van der Waals surface area contributed by atoms with Crippen molar-refractivity contribution in [1.82, 2.24) is 9.78 Å². The van der Waals surface area contributed by atoms with Crippen molar-refractivity contribution in [2.45, 2.75) is 30.3 Å². The summed E-state index contributed by atoms with van der Waals surface area (Å²) in [6, 6.07) is 13.6. The van der Waals surface area contributed by atoms with Crippen LogP contribution >= 0.6 is 11.6 Å². The molecule has 3 aromatic rings. The maximum atomic E-state index is 12.8. The molecule has 0 spiro atoms. The molecule has 2 aromatic carbocycles. The van der Waals surface area contributed by atoms with E-state index in [1.54, 1.807) is 44.2 Å². The van der Waals surface area contributed by atoms with E-state index in [9.17, 15) is 18.0 Å². The summed E-state index contributed by atoms with van der Waals surface area (Å²) < 4.78 is 26.4. The van der Waals surface area contributed by atoms with Crippen LogP contribution < -0.4 is 10.9 Å². The maximum absolute atomic E-state index is 12.8.